The van der Waals surface area contributed by atoms with Crippen LogP contribution in [0.1, 0.15) is 43.0 Å². The summed E-state index contributed by atoms with van der Waals surface area (Å²) in [6.07, 6.45) is 1.32. The van der Waals surface area contributed by atoms with Crippen LogP contribution in [0.4, 0.5) is 0 Å². The molecule has 1 saturated heterocycles. The van der Waals surface area contributed by atoms with Crippen LogP contribution in [-0.2, 0) is 14.3 Å². The molecule has 2 amide bonds. The molecule has 0 aromatic heterocycles. The second-order valence-electron chi connectivity index (χ2n) is 6.12. The van der Waals surface area contributed by atoms with Crippen LogP contribution in [0.25, 0.3) is 0 Å². The van der Waals surface area contributed by atoms with Gasteiger partial charge in [0.15, 0.2) is 5.75 Å². The quantitative estimate of drug-likeness (QED) is 0.610. The summed E-state index contributed by atoms with van der Waals surface area (Å²) in [6.45, 7) is 2.86. The Bertz CT molecular complexity index is 739. The molecule has 0 saturated carbocycles. The standard InChI is InChI=1S/C19H25ClN2O6/c1-4-28-16(24)8-5-7-15(23)21-11-6-12-22(21)19(25)17-14(26-2)10-9-13(20)18(17)27-3/h9-10H,4-8,11-12H2,1-3H3. The summed E-state index contributed by atoms with van der Waals surface area (Å²) in [5.41, 5.74) is 0.170. The number of hydrogen-bond acceptors (Lipinski definition) is 6. The van der Waals surface area contributed by atoms with Crippen molar-refractivity contribution in [3.63, 3.8) is 0 Å². The van der Waals surface area contributed by atoms with E-state index in [-0.39, 0.29) is 41.1 Å². The van der Waals surface area contributed by atoms with E-state index in [0.29, 0.717) is 38.3 Å². The lowest BCUT2D eigenvalue weighted by Crippen LogP contribution is -2.45. The number of esters is 1. The summed E-state index contributed by atoms with van der Waals surface area (Å²) in [5.74, 6) is -0.471. The van der Waals surface area contributed by atoms with Gasteiger partial charge >= 0.3 is 5.97 Å². The van der Waals surface area contributed by atoms with E-state index in [1.165, 1.54) is 24.2 Å². The van der Waals surface area contributed by atoms with Crippen LogP contribution < -0.4 is 9.47 Å². The third-order valence-electron chi connectivity index (χ3n) is 4.34. The lowest BCUT2D eigenvalue weighted by atomic mass is 10.1. The van der Waals surface area contributed by atoms with E-state index in [1.54, 1.807) is 19.1 Å². The Balaban J connectivity index is 2.14. The Morgan fingerprint density at radius 3 is 2.43 bits per heavy atom. The number of halogens is 1. The third kappa shape index (κ3) is 4.86. The molecule has 1 heterocycles. The van der Waals surface area contributed by atoms with E-state index >= 15 is 0 Å². The number of hydrogen-bond donors (Lipinski definition) is 0. The Kier molecular flexibility index (Phi) is 7.92. The number of hydrazine groups is 1. The highest BCUT2D eigenvalue weighted by atomic mass is 35.5. The van der Waals surface area contributed by atoms with Crippen LogP contribution >= 0.6 is 11.6 Å². The van der Waals surface area contributed by atoms with Crippen LogP contribution in [-0.4, -0.2) is 61.7 Å². The zero-order valence-electron chi connectivity index (χ0n) is 16.3. The number of carbonyl (C=O) groups is 3. The minimum Gasteiger partial charge on any atom is -0.496 e. The monoisotopic (exact) mass is 412 g/mol. The summed E-state index contributed by atoms with van der Waals surface area (Å²) in [7, 11) is 2.86. The van der Waals surface area contributed by atoms with Gasteiger partial charge in [-0.2, -0.15) is 0 Å². The molecule has 0 radical (unpaired) electrons. The molecular weight excluding hydrogens is 388 g/mol. The number of amides is 2. The van der Waals surface area contributed by atoms with Crippen molar-refractivity contribution in [2.45, 2.75) is 32.6 Å². The van der Waals surface area contributed by atoms with Gasteiger partial charge in [0.25, 0.3) is 5.91 Å². The van der Waals surface area contributed by atoms with Crippen molar-refractivity contribution in [2.75, 3.05) is 33.9 Å². The Morgan fingerprint density at radius 2 is 1.79 bits per heavy atom. The zero-order valence-corrected chi connectivity index (χ0v) is 17.1. The van der Waals surface area contributed by atoms with Crippen molar-refractivity contribution in [3.8, 4) is 11.5 Å². The number of carbonyl (C=O) groups excluding carboxylic acids is 3. The van der Waals surface area contributed by atoms with Crippen LogP contribution in [0.3, 0.4) is 0 Å². The molecule has 28 heavy (non-hydrogen) atoms. The van der Waals surface area contributed by atoms with Crippen molar-refractivity contribution in [3.05, 3.63) is 22.7 Å². The maximum Gasteiger partial charge on any atom is 0.305 e. The summed E-state index contributed by atoms with van der Waals surface area (Å²) >= 11 is 6.16. The van der Waals surface area contributed by atoms with Crippen LogP contribution in [0.5, 0.6) is 11.5 Å². The molecule has 0 bridgehead atoms. The number of nitrogens with zero attached hydrogens (tertiary/aromatic N) is 2. The van der Waals surface area contributed by atoms with Gasteiger partial charge in [0.2, 0.25) is 5.91 Å². The van der Waals surface area contributed by atoms with Gasteiger partial charge in [0.1, 0.15) is 11.3 Å². The fourth-order valence-corrected chi connectivity index (χ4v) is 3.30. The molecule has 0 aliphatic carbocycles. The summed E-state index contributed by atoms with van der Waals surface area (Å²) in [6, 6.07) is 3.16. The Hall–Kier alpha value is -2.48. The van der Waals surface area contributed by atoms with E-state index in [9.17, 15) is 14.4 Å². The van der Waals surface area contributed by atoms with Gasteiger partial charge in [-0.3, -0.25) is 19.4 Å². The van der Waals surface area contributed by atoms with Crippen molar-refractivity contribution in [1.29, 1.82) is 0 Å². The lowest BCUT2D eigenvalue weighted by molar-refractivity contribution is -0.144. The number of methoxy groups -OCH3 is 2. The molecule has 0 unspecified atom stereocenters. The average molecular weight is 413 g/mol. The first kappa shape index (κ1) is 21.8. The number of ether oxygens (including phenoxy) is 3. The molecule has 0 atom stereocenters. The van der Waals surface area contributed by atoms with Gasteiger partial charge < -0.3 is 14.2 Å². The van der Waals surface area contributed by atoms with Gasteiger partial charge in [-0.05, 0) is 31.9 Å². The van der Waals surface area contributed by atoms with Gasteiger partial charge in [-0.1, -0.05) is 11.6 Å². The second-order valence-corrected chi connectivity index (χ2v) is 6.52. The smallest absolute Gasteiger partial charge is 0.305 e. The molecule has 0 N–H and O–H groups in total. The largest absolute Gasteiger partial charge is 0.496 e. The Labute approximate surface area is 169 Å². The van der Waals surface area contributed by atoms with E-state index in [2.05, 4.69) is 0 Å². The van der Waals surface area contributed by atoms with E-state index in [4.69, 9.17) is 25.8 Å². The van der Waals surface area contributed by atoms with Crippen molar-refractivity contribution in [1.82, 2.24) is 10.0 Å². The van der Waals surface area contributed by atoms with Crippen molar-refractivity contribution < 1.29 is 28.6 Å². The third-order valence-corrected chi connectivity index (χ3v) is 4.64. The van der Waals surface area contributed by atoms with Gasteiger partial charge in [0.05, 0.1) is 25.8 Å². The molecule has 1 aliphatic rings. The van der Waals surface area contributed by atoms with E-state index in [0.717, 1.165) is 0 Å². The summed E-state index contributed by atoms with van der Waals surface area (Å²) in [5, 5.41) is 3.06. The first-order valence-corrected chi connectivity index (χ1v) is 9.50. The zero-order chi connectivity index (χ0) is 20.7. The topological polar surface area (TPSA) is 85.4 Å². The predicted octanol–water partition coefficient (Wildman–Crippen LogP) is 2.68. The SMILES string of the molecule is CCOC(=O)CCCC(=O)N1CCCN1C(=O)c1c(OC)ccc(Cl)c1OC. The van der Waals surface area contributed by atoms with Gasteiger partial charge in [-0.15, -0.1) is 0 Å². The predicted molar refractivity (Wildman–Crippen MR) is 102 cm³/mol. The molecule has 9 heteroatoms. The minimum absolute atomic E-state index is 0.145. The molecule has 154 valence electrons. The molecule has 0 spiro atoms. The lowest BCUT2D eigenvalue weighted by Gasteiger charge is -2.29. The highest BCUT2D eigenvalue weighted by molar-refractivity contribution is 6.32. The highest BCUT2D eigenvalue weighted by Crippen LogP contribution is 2.37. The first-order chi connectivity index (χ1) is 13.4. The molecular formula is C19H25ClN2O6. The van der Waals surface area contributed by atoms with Gasteiger partial charge in [-0.25, -0.2) is 5.01 Å². The van der Waals surface area contributed by atoms with Crippen molar-refractivity contribution >= 4 is 29.4 Å². The fraction of sp³-hybridized carbons (Fsp3) is 0.526. The van der Waals surface area contributed by atoms with E-state index in [1.807, 2.05) is 0 Å². The normalized spacial score (nSPS) is 13.4. The Morgan fingerprint density at radius 1 is 1.07 bits per heavy atom. The highest BCUT2D eigenvalue weighted by Gasteiger charge is 2.34. The number of benzene rings is 1. The first-order valence-electron chi connectivity index (χ1n) is 9.12. The van der Waals surface area contributed by atoms with Crippen LogP contribution in [0, 0.1) is 0 Å². The molecule has 1 aliphatic heterocycles. The molecule has 8 nitrogen and oxygen atoms in total. The molecule has 2 rings (SSSR count). The van der Waals surface area contributed by atoms with Crippen LogP contribution in [0.2, 0.25) is 5.02 Å². The van der Waals surface area contributed by atoms with Crippen LogP contribution in [0.15, 0.2) is 12.1 Å². The fourth-order valence-electron chi connectivity index (χ4n) is 3.07. The summed E-state index contributed by atoms with van der Waals surface area (Å²) in [4.78, 5) is 37.2. The van der Waals surface area contributed by atoms with Gasteiger partial charge in [0, 0.05) is 25.9 Å². The number of rotatable bonds is 8. The molecule has 1 fully saturated rings. The second kappa shape index (κ2) is 10.2. The average Bonchev–Trinajstić information content (AvgIpc) is 3.17. The summed E-state index contributed by atoms with van der Waals surface area (Å²) < 4.78 is 15.4. The maximum atomic E-state index is 13.2. The minimum atomic E-state index is -0.424. The maximum absolute atomic E-state index is 13.2. The molecule has 1 aromatic carbocycles. The van der Waals surface area contributed by atoms with Crippen molar-refractivity contribution in [2.24, 2.45) is 0 Å². The molecule has 1 aromatic rings. The van der Waals surface area contributed by atoms with E-state index < -0.39 is 5.91 Å².